The van der Waals surface area contributed by atoms with E-state index in [4.69, 9.17) is 10.5 Å². The lowest BCUT2D eigenvalue weighted by Crippen LogP contribution is -2.31. The standard InChI is InChI=1S/C16H24N2O2/c1-11-6-7-12(8-15(11)20-2)10-18-16(19)9-13-4-3-5-14(13)17/h6-8,13-14H,3-5,9-10,17H2,1-2H3,(H,18,19)/t13-,14+/m0/s1. The molecular weight excluding hydrogens is 252 g/mol. The minimum Gasteiger partial charge on any atom is -0.496 e. The van der Waals surface area contributed by atoms with Gasteiger partial charge in [0.05, 0.1) is 7.11 Å². The summed E-state index contributed by atoms with van der Waals surface area (Å²) in [4.78, 5) is 11.9. The minimum absolute atomic E-state index is 0.0897. The van der Waals surface area contributed by atoms with Gasteiger partial charge >= 0.3 is 0 Å². The highest BCUT2D eigenvalue weighted by molar-refractivity contribution is 5.76. The van der Waals surface area contributed by atoms with Crippen molar-refractivity contribution in [3.05, 3.63) is 29.3 Å². The van der Waals surface area contributed by atoms with Gasteiger partial charge in [-0.15, -0.1) is 0 Å². The number of nitrogens with two attached hydrogens (primary N) is 1. The third-order valence-electron chi connectivity index (χ3n) is 4.13. The van der Waals surface area contributed by atoms with Crippen LogP contribution in [0.5, 0.6) is 5.75 Å². The molecule has 4 heteroatoms. The third kappa shape index (κ3) is 3.73. The second kappa shape index (κ2) is 6.75. The average molecular weight is 276 g/mol. The third-order valence-corrected chi connectivity index (χ3v) is 4.13. The summed E-state index contributed by atoms with van der Waals surface area (Å²) in [6, 6.07) is 6.18. The fraction of sp³-hybridized carbons (Fsp3) is 0.562. The van der Waals surface area contributed by atoms with E-state index in [2.05, 4.69) is 5.32 Å². The van der Waals surface area contributed by atoms with Crippen molar-refractivity contribution in [1.82, 2.24) is 5.32 Å². The van der Waals surface area contributed by atoms with Gasteiger partial charge in [0.1, 0.15) is 5.75 Å². The van der Waals surface area contributed by atoms with E-state index >= 15 is 0 Å². The Hall–Kier alpha value is -1.55. The summed E-state index contributed by atoms with van der Waals surface area (Å²) < 4.78 is 5.28. The first-order valence-corrected chi connectivity index (χ1v) is 7.26. The molecule has 1 aromatic rings. The molecule has 1 aromatic carbocycles. The van der Waals surface area contributed by atoms with Crippen molar-refractivity contribution in [2.24, 2.45) is 11.7 Å². The summed E-state index contributed by atoms with van der Waals surface area (Å²) in [5.41, 5.74) is 8.14. The first-order valence-electron chi connectivity index (χ1n) is 7.26. The van der Waals surface area contributed by atoms with Gasteiger partial charge < -0.3 is 15.8 Å². The SMILES string of the molecule is COc1cc(CNC(=O)C[C@@H]2CCC[C@H]2N)ccc1C. The van der Waals surface area contributed by atoms with Crippen molar-refractivity contribution in [2.45, 2.75) is 45.2 Å². The van der Waals surface area contributed by atoms with E-state index in [1.165, 1.54) is 0 Å². The normalized spacial score (nSPS) is 21.8. The molecule has 0 saturated heterocycles. The van der Waals surface area contributed by atoms with E-state index in [9.17, 15) is 4.79 Å². The van der Waals surface area contributed by atoms with Crippen LogP contribution in [-0.4, -0.2) is 19.1 Å². The van der Waals surface area contributed by atoms with Gasteiger partial charge in [-0.25, -0.2) is 0 Å². The Morgan fingerprint density at radius 2 is 2.25 bits per heavy atom. The predicted molar refractivity (Wildman–Crippen MR) is 79.5 cm³/mol. The molecule has 1 aliphatic rings. The van der Waals surface area contributed by atoms with Crippen LogP contribution in [0.1, 0.15) is 36.8 Å². The Bertz CT molecular complexity index is 474. The van der Waals surface area contributed by atoms with Crippen LogP contribution in [0.3, 0.4) is 0 Å². The highest BCUT2D eigenvalue weighted by Crippen LogP contribution is 2.26. The molecule has 0 aromatic heterocycles. The fourth-order valence-electron chi connectivity index (χ4n) is 2.80. The first kappa shape index (κ1) is 14.9. The Morgan fingerprint density at radius 1 is 1.45 bits per heavy atom. The summed E-state index contributed by atoms with van der Waals surface area (Å²) in [7, 11) is 1.66. The van der Waals surface area contributed by atoms with E-state index in [1.54, 1.807) is 7.11 Å². The van der Waals surface area contributed by atoms with Crippen LogP contribution in [0.2, 0.25) is 0 Å². The molecule has 3 N–H and O–H groups in total. The quantitative estimate of drug-likeness (QED) is 0.866. The van der Waals surface area contributed by atoms with Crippen molar-refractivity contribution in [2.75, 3.05) is 7.11 Å². The van der Waals surface area contributed by atoms with Gasteiger partial charge in [-0.2, -0.15) is 0 Å². The van der Waals surface area contributed by atoms with Crippen LogP contribution < -0.4 is 15.8 Å². The summed E-state index contributed by atoms with van der Waals surface area (Å²) in [6.45, 7) is 2.54. The fourth-order valence-corrected chi connectivity index (χ4v) is 2.80. The van der Waals surface area contributed by atoms with E-state index < -0.39 is 0 Å². The molecule has 20 heavy (non-hydrogen) atoms. The molecule has 1 fully saturated rings. The van der Waals surface area contributed by atoms with Crippen molar-refractivity contribution in [1.29, 1.82) is 0 Å². The van der Waals surface area contributed by atoms with Crippen molar-refractivity contribution in [3.63, 3.8) is 0 Å². The monoisotopic (exact) mass is 276 g/mol. The van der Waals surface area contributed by atoms with Crippen LogP contribution >= 0.6 is 0 Å². The summed E-state index contributed by atoms with van der Waals surface area (Å²) >= 11 is 0. The number of rotatable bonds is 5. The Balaban J connectivity index is 1.84. The molecule has 0 aliphatic heterocycles. The molecule has 0 radical (unpaired) electrons. The number of amides is 1. The summed E-state index contributed by atoms with van der Waals surface area (Å²) in [6.07, 6.45) is 3.82. The van der Waals surface area contributed by atoms with Gasteiger partial charge in [0.25, 0.3) is 0 Å². The maximum Gasteiger partial charge on any atom is 0.220 e. The lowest BCUT2D eigenvalue weighted by molar-refractivity contribution is -0.122. The van der Waals surface area contributed by atoms with E-state index in [0.29, 0.717) is 18.9 Å². The zero-order valence-corrected chi connectivity index (χ0v) is 12.3. The molecule has 0 spiro atoms. The summed E-state index contributed by atoms with van der Waals surface area (Å²) in [5.74, 6) is 1.30. The predicted octanol–water partition coefficient (Wildman–Crippen LogP) is 2.14. The van der Waals surface area contributed by atoms with Crippen LogP contribution in [0, 0.1) is 12.8 Å². The smallest absolute Gasteiger partial charge is 0.220 e. The summed E-state index contributed by atoms with van der Waals surface area (Å²) in [5, 5.41) is 2.97. The zero-order chi connectivity index (χ0) is 14.5. The van der Waals surface area contributed by atoms with Gasteiger partial charge in [0, 0.05) is 19.0 Å². The molecule has 1 aliphatic carbocycles. The molecule has 0 heterocycles. The lowest BCUT2D eigenvalue weighted by Gasteiger charge is -2.15. The number of hydrogen-bond donors (Lipinski definition) is 2. The molecule has 2 atom stereocenters. The van der Waals surface area contributed by atoms with Crippen LogP contribution in [-0.2, 0) is 11.3 Å². The largest absolute Gasteiger partial charge is 0.496 e. The second-order valence-corrected chi connectivity index (χ2v) is 5.64. The van der Waals surface area contributed by atoms with E-state index in [1.807, 2.05) is 25.1 Å². The minimum atomic E-state index is 0.0897. The number of ether oxygens (including phenoxy) is 1. The molecule has 0 bridgehead atoms. The van der Waals surface area contributed by atoms with Crippen molar-refractivity contribution >= 4 is 5.91 Å². The van der Waals surface area contributed by atoms with Gasteiger partial charge in [-0.1, -0.05) is 18.6 Å². The highest BCUT2D eigenvalue weighted by Gasteiger charge is 2.25. The van der Waals surface area contributed by atoms with E-state index in [0.717, 1.165) is 36.1 Å². The van der Waals surface area contributed by atoms with Crippen molar-refractivity contribution < 1.29 is 9.53 Å². The molecule has 2 rings (SSSR count). The highest BCUT2D eigenvalue weighted by atomic mass is 16.5. The van der Waals surface area contributed by atoms with Gasteiger partial charge in [-0.3, -0.25) is 4.79 Å². The van der Waals surface area contributed by atoms with Crippen LogP contribution in [0.15, 0.2) is 18.2 Å². The maximum absolute atomic E-state index is 11.9. The first-order chi connectivity index (χ1) is 9.60. The number of hydrogen-bond acceptors (Lipinski definition) is 3. The lowest BCUT2D eigenvalue weighted by atomic mass is 10.00. The van der Waals surface area contributed by atoms with Crippen LogP contribution in [0.4, 0.5) is 0 Å². The van der Waals surface area contributed by atoms with Crippen LogP contribution in [0.25, 0.3) is 0 Å². The Kier molecular flexibility index (Phi) is 5.01. The molecule has 4 nitrogen and oxygen atoms in total. The number of aryl methyl sites for hydroxylation is 1. The van der Waals surface area contributed by atoms with Crippen molar-refractivity contribution in [3.8, 4) is 5.75 Å². The molecular formula is C16H24N2O2. The average Bonchev–Trinajstić information content (AvgIpc) is 2.83. The Labute approximate surface area is 120 Å². The van der Waals surface area contributed by atoms with Gasteiger partial charge in [0.2, 0.25) is 5.91 Å². The Morgan fingerprint density at radius 3 is 2.90 bits per heavy atom. The molecule has 110 valence electrons. The second-order valence-electron chi connectivity index (χ2n) is 5.64. The number of benzene rings is 1. The van der Waals surface area contributed by atoms with Gasteiger partial charge in [0.15, 0.2) is 0 Å². The number of methoxy groups -OCH3 is 1. The molecule has 1 saturated carbocycles. The topological polar surface area (TPSA) is 64.3 Å². The van der Waals surface area contributed by atoms with E-state index in [-0.39, 0.29) is 11.9 Å². The zero-order valence-electron chi connectivity index (χ0n) is 12.3. The number of nitrogens with one attached hydrogen (secondary N) is 1. The van der Waals surface area contributed by atoms with Gasteiger partial charge in [-0.05, 0) is 42.9 Å². The maximum atomic E-state index is 11.9. The molecule has 0 unspecified atom stereocenters. The number of carbonyl (C=O) groups excluding carboxylic acids is 1. The molecule has 1 amide bonds. The number of carbonyl (C=O) groups is 1.